The number of amides is 1. The monoisotopic (exact) mass is 498 g/mol. The summed E-state index contributed by atoms with van der Waals surface area (Å²) in [5.41, 5.74) is -0.300. The lowest BCUT2D eigenvalue weighted by Crippen LogP contribution is -2.51. The van der Waals surface area contributed by atoms with Gasteiger partial charge in [-0.05, 0) is 33.1 Å². The van der Waals surface area contributed by atoms with Crippen molar-refractivity contribution in [2.75, 3.05) is 40.4 Å². The van der Waals surface area contributed by atoms with Crippen molar-refractivity contribution in [2.45, 2.75) is 59.6 Å². The second-order valence-electron chi connectivity index (χ2n) is 8.91. The van der Waals surface area contributed by atoms with Gasteiger partial charge in [0.25, 0.3) is 0 Å². The molecular formula is C19H39IN4O3. The molecule has 1 fully saturated rings. The summed E-state index contributed by atoms with van der Waals surface area (Å²) in [6.07, 6.45) is 0.452. The molecule has 1 rings (SSSR count). The highest BCUT2D eigenvalue weighted by molar-refractivity contribution is 14.0. The van der Waals surface area contributed by atoms with Crippen LogP contribution in [0.1, 0.15) is 48.0 Å². The van der Waals surface area contributed by atoms with Gasteiger partial charge in [-0.25, -0.2) is 4.79 Å². The minimum Gasteiger partial charge on any atom is -0.444 e. The van der Waals surface area contributed by atoms with Crippen LogP contribution >= 0.6 is 24.0 Å². The fourth-order valence-electron chi connectivity index (χ4n) is 2.70. The van der Waals surface area contributed by atoms with E-state index in [1.165, 1.54) is 0 Å². The van der Waals surface area contributed by atoms with Crippen LogP contribution in [0.4, 0.5) is 4.79 Å². The molecule has 2 N–H and O–H groups in total. The predicted molar refractivity (Wildman–Crippen MR) is 121 cm³/mol. The Morgan fingerprint density at radius 1 is 1.33 bits per heavy atom. The normalized spacial score (nSPS) is 17.4. The molecule has 1 aliphatic heterocycles. The molecule has 8 heteroatoms. The number of guanidine groups is 1. The van der Waals surface area contributed by atoms with Gasteiger partial charge >= 0.3 is 6.09 Å². The van der Waals surface area contributed by atoms with Crippen LogP contribution in [0.5, 0.6) is 0 Å². The van der Waals surface area contributed by atoms with Crippen molar-refractivity contribution in [3.63, 3.8) is 0 Å². The van der Waals surface area contributed by atoms with Crippen molar-refractivity contribution in [1.29, 1.82) is 0 Å². The van der Waals surface area contributed by atoms with E-state index in [-0.39, 0.29) is 41.5 Å². The highest BCUT2D eigenvalue weighted by Gasteiger charge is 2.33. The summed E-state index contributed by atoms with van der Waals surface area (Å²) < 4.78 is 10.7. The number of hydrogen-bond acceptors (Lipinski definition) is 4. The zero-order chi connectivity index (χ0) is 20.0. The fourth-order valence-corrected chi connectivity index (χ4v) is 2.70. The Balaban J connectivity index is 0.00000676. The number of nitrogens with zero attached hydrogens (tertiary/aromatic N) is 2. The van der Waals surface area contributed by atoms with Crippen LogP contribution in [0, 0.1) is 11.3 Å². The first-order chi connectivity index (χ1) is 12.0. The average Bonchev–Trinajstić information content (AvgIpc) is 2.48. The van der Waals surface area contributed by atoms with Gasteiger partial charge in [0.1, 0.15) is 5.60 Å². The summed E-state index contributed by atoms with van der Waals surface area (Å²) in [5, 5.41) is 6.42. The number of nitrogens with one attached hydrogen (secondary N) is 2. The van der Waals surface area contributed by atoms with E-state index in [0.717, 1.165) is 38.7 Å². The van der Waals surface area contributed by atoms with E-state index in [1.807, 2.05) is 27.8 Å². The van der Waals surface area contributed by atoms with Crippen LogP contribution in [0.2, 0.25) is 0 Å². The number of alkyl carbamates (subject to hydrolysis) is 1. The second kappa shape index (κ2) is 11.3. The van der Waals surface area contributed by atoms with Gasteiger partial charge in [0.05, 0.1) is 13.2 Å². The van der Waals surface area contributed by atoms with E-state index in [4.69, 9.17) is 9.47 Å². The molecule has 1 atom stereocenters. The quantitative estimate of drug-likeness (QED) is 0.321. The third-order valence-corrected chi connectivity index (χ3v) is 4.43. The van der Waals surface area contributed by atoms with E-state index < -0.39 is 5.60 Å². The first-order valence-corrected chi connectivity index (χ1v) is 9.45. The third-order valence-electron chi connectivity index (χ3n) is 4.43. The van der Waals surface area contributed by atoms with Crippen LogP contribution in [0.15, 0.2) is 4.99 Å². The Hall–Kier alpha value is -0.770. The van der Waals surface area contributed by atoms with Crippen molar-refractivity contribution in [1.82, 2.24) is 15.5 Å². The Bertz CT molecular complexity index is 488. The van der Waals surface area contributed by atoms with Gasteiger partial charge in [0, 0.05) is 38.6 Å². The molecule has 1 amide bonds. The molecule has 0 aromatic heterocycles. The number of aliphatic imine (C=N–C) groups is 1. The molecule has 0 aliphatic carbocycles. The maximum absolute atomic E-state index is 12.1. The maximum Gasteiger partial charge on any atom is 0.407 e. The summed E-state index contributed by atoms with van der Waals surface area (Å²) in [6.45, 7) is 15.2. The van der Waals surface area contributed by atoms with Gasteiger partial charge in [-0.3, -0.25) is 4.99 Å². The van der Waals surface area contributed by atoms with Gasteiger partial charge in [-0.2, -0.15) is 0 Å². The van der Waals surface area contributed by atoms with E-state index in [9.17, 15) is 4.79 Å². The number of halogens is 1. The summed E-state index contributed by atoms with van der Waals surface area (Å²) in [6, 6.07) is 0.0444. The number of carbonyl (C=O) groups excluding carboxylic acids is 1. The lowest BCUT2D eigenvalue weighted by Gasteiger charge is -2.39. The lowest BCUT2D eigenvalue weighted by molar-refractivity contribution is -0.0972. The molecule has 0 aromatic rings. The molecule has 7 nitrogen and oxygen atoms in total. The van der Waals surface area contributed by atoms with E-state index in [2.05, 4.69) is 41.3 Å². The summed E-state index contributed by atoms with van der Waals surface area (Å²) in [4.78, 5) is 18.5. The molecule has 1 heterocycles. The molecule has 0 saturated carbocycles. The standard InChI is InChI=1S/C19H38N4O3.HI/c1-14(2)15(22-17(24)26-18(3,4)5)9-10-23(8)16(20-7)21-11-19(6)12-25-13-19;/h14-15H,9-13H2,1-8H3,(H,20,21)(H,22,24);1H. The van der Waals surface area contributed by atoms with Gasteiger partial charge in [-0.15, -0.1) is 24.0 Å². The number of carbonyl (C=O) groups is 1. The van der Waals surface area contributed by atoms with Crippen LogP contribution in [-0.2, 0) is 9.47 Å². The predicted octanol–water partition coefficient (Wildman–Crippen LogP) is 3.09. The molecule has 1 aliphatic rings. The van der Waals surface area contributed by atoms with Crippen LogP contribution in [0.3, 0.4) is 0 Å². The summed E-state index contributed by atoms with van der Waals surface area (Å²) in [5.74, 6) is 1.18. The average molecular weight is 498 g/mol. The third kappa shape index (κ3) is 9.82. The molecule has 0 aromatic carbocycles. The van der Waals surface area contributed by atoms with Gasteiger partial charge < -0.3 is 25.0 Å². The Kier molecular flexibility index (Phi) is 11.0. The summed E-state index contributed by atoms with van der Waals surface area (Å²) in [7, 11) is 3.80. The molecule has 1 unspecified atom stereocenters. The maximum atomic E-state index is 12.1. The Morgan fingerprint density at radius 3 is 2.33 bits per heavy atom. The highest BCUT2D eigenvalue weighted by Crippen LogP contribution is 2.25. The molecule has 0 bridgehead atoms. The van der Waals surface area contributed by atoms with Crippen molar-refractivity contribution < 1.29 is 14.3 Å². The minimum atomic E-state index is -0.490. The Labute approximate surface area is 182 Å². The van der Waals surface area contributed by atoms with Crippen LogP contribution < -0.4 is 10.6 Å². The van der Waals surface area contributed by atoms with E-state index in [0.29, 0.717) is 5.92 Å². The molecule has 160 valence electrons. The summed E-state index contributed by atoms with van der Waals surface area (Å²) >= 11 is 0. The number of ether oxygens (including phenoxy) is 2. The van der Waals surface area contributed by atoms with Gasteiger partial charge in [0.2, 0.25) is 0 Å². The zero-order valence-electron chi connectivity index (χ0n) is 18.2. The molecule has 0 spiro atoms. The molecule has 27 heavy (non-hydrogen) atoms. The van der Waals surface area contributed by atoms with Crippen LogP contribution in [0.25, 0.3) is 0 Å². The number of hydrogen-bond donors (Lipinski definition) is 2. The lowest BCUT2D eigenvalue weighted by atomic mass is 9.89. The van der Waals surface area contributed by atoms with Crippen molar-refractivity contribution in [2.24, 2.45) is 16.3 Å². The van der Waals surface area contributed by atoms with Crippen molar-refractivity contribution in [3.05, 3.63) is 0 Å². The van der Waals surface area contributed by atoms with Gasteiger partial charge in [0.15, 0.2) is 5.96 Å². The van der Waals surface area contributed by atoms with E-state index in [1.54, 1.807) is 7.05 Å². The van der Waals surface area contributed by atoms with Crippen molar-refractivity contribution in [3.8, 4) is 0 Å². The second-order valence-corrected chi connectivity index (χ2v) is 8.91. The minimum absolute atomic E-state index is 0. The number of rotatable bonds is 7. The largest absolute Gasteiger partial charge is 0.444 e. The van der Waals surface area contributed by atoms with Crippen LogP contribution in [-0.4, -0.2) is 69.0 Å². The molecule has 1 saturated heterocycles. The first kappa shape index (κ1) is 26.2. The SMILES string of the molecule is CN=C(NCC1(C)COC1)N(C)CCC(NC(=O)OC(C)(C)C)C(C)C.I. The van der Waals surface area contributed by atoms with Gasteiger partial charge in [-0.1, -0.05) is 20.8 Å². The zero-order valence-corrected chi connectivity index (χ0v) is 20.5. The topological polar surface area (TPSA) is 75.2 Å². The first-order valence-electron chi connectivity index (χ1n) is 9.45. The molecular weight excluding hydrogens is 459 g/mol. The van der Waals surface area contributed by atoms with E-state index >= 15 is 0 Å². The Morgan fingerprint density at radius 2 is 1.93 bits per heavy atom. The smallest absolute Gasteiger partial charge is 0.407 e. The van der Waals surface area contributed by atoms with Crippen molar-refractivity contribution >= 4 is 36.0 Å². The highest BCUT2D eigenvalue weighted by atomic mass is 127. The fraction of sp³-hybridized carbons (Fsp3) is 0.895. The molecule has 0 radical (unpaired) electrons.